The fourth-order valence-electron chi connectivity index (χ4n) is 7.08. The van der Waals surface area contributed by atoms with E-state index in [2.05, 4.69) is 53.4 Å². The quantitative estimate of drug-likeness (QED) is 0.290. The van der Waals surface area contributed by atoms with Gasteiger partial charge in [-0.2, -0.15) is 0 Å². The minimum absolute atomic E-state index is 0.0136. The van der Waals surface area contributed by atoms with E-state index in [0.29, 0.717) is 46.3 Å². The molecule has 0 aliphatic heterocycles. The number of ether oxygens (including phenoxy) is 2. The molecular weight excluding hydrogens is 376 g/mol. The van der Waals surface area contributed by atoms with Gasteiger partial charge in [0, 0.05) is 12.0 Å². The molecule has 0 amide bonds. The summed E-state index contributed by atoms with van der Waals surface area (Å²) in [5.41, 5.74) is 0.735. The number of esters is 2. The van der Waals surface area contributed by atoms with Crippen molar-refractivity contribution in [1.82, 2.24) is 0 Å². The van der Waals surface area contributed by atoms with Gasteiger partial charge in [-0.25, -0.2) is 9.59 Å². The molecule has 4 heteroatoms. The number of hydrogen-bond acceptors (Lipinski definition) is 4. The Labute approximate surface area is 181 Å². The van der Waals surface area contributed by atoms with Crippen LogP contribution in [0.15, 0.2) is 12.2 Å². The predicted octanol–water partition coefficient (Wildman–Crippen LogP) is 4.77. The van der Waals surface area contributed by atoms with Crippen LogP contribution in [0.3, 0.4) is 0 Å². The highest BCUT2D eigenvalue weighted by atomic mass is 16.5. The standard InChI is InChI=1S/C26H36O4/c1-15-19-11-17(25(19,3)4)13-21(15)29-23(27)9-7-8-10-24(28)30-22-14-18-12-20(16(22)2)26(18,5)6/h7,9,15-22H,11-14H2,1-6H3/b9-7+/t15-,16-,17?,18?,19?,20?,21-,22-/m1/s1. The van der Waals surface area contributed by atoms with Crippen LogP contribution in [0.2, 0.25) is 0 Å². The first-order chi connectivity index (χ1) is 14.0. The topological polar surface area (TPSA) is 52.6 Å². The minimum Gasteiger partial charge on any atom is -0.459 e. The molecule has 6 aliphatic rings. The molecule has 0 heterocycles. The van der Waals surface area contributed by atoms with Crippen molar-refractivity contribution in [1.29, 1.82) is 0 Å². The van der Waals surface area contributed by atoms with Gasteiger partial charge in [-0.3, -0.25) is 0 Å². The van der Waals surface area contributed by atoms with Crippen molar-refractivity contribution in [3.8, 4) is 11.8 Å². The second-order valence-corrected chi connectivity index (χ2v) is 11.4. The number of carbonyl (C=O) groups excluding carboxylic acids is 2. The van der Waals surface area contributed by atoms with Gasteiger partial charge in [0.2, 0.25) is 0 Å². The third kappa shape index (κ3) is 3.49. The van der Waals surface area contributed by atoms with Crippen LogP contribution in [0.5, 0.6) is 0 Å². The number of carbonyl (C=O) groups is 2. The molecule has 4 bridgehead atoms. The van der Waals surface area contributed by atoms with Crippen LogP contribution in [-0.4, -0.2) is 24.1 Å². The smallest absolute Gasteiger partial charge is 0.384 e. The first-order valence-electron chi connectivity index (χ1n) is 11.6. The normalized spacial score (nSPS) is 42.2. The molecule has 0 aromatic carbocycles. The molecule has 0 saturated heterocycles. The Bertz CT molecular complexity index is 811. The third-order valence-corrected chi connectivity index (χ3v) is 9.57. The van der Waals surface area contributed by atoms with Crippen molar-refractivity contribution in [2.24, 2.45) is 46.3 Å². The molecule has 0 spiro atoms. The summed E-state index contributed by atoms with van der Waals surface area (Å²) in [4.78, 5) is 24.3. The lowest BCUT2D eigenvalue weighted by atomic mass is 9.45. The molecule has 6 rings (SSSR count). The van der Waals surface area contributed by atoms with Crippen LogP contribution in [0.25, 0.3) is 0 Å². The predicted molar refractivity (Wildman–Crippen MR) is 115 cm³/mol. The number of hydrogen-bond donors (Lipinski definition) is 0. The van der Waals surface area contributed by atoms with E-state index in [1.54, 1.807) is 0 Å². The van der Waals surface area contributed by atoms with Gasteiger partial charge in [0.05, 0.1) is 0 Å². The van der Waals surface area contributed by atoms with Crippen molar-refractivity contribution >= 4 is 11.9 Å². The van der Waals surface area contributed by atoms with E-state index in [4.69, 9.17) is 9.47 Å². The number of allylic oxidation sites excluding steroid dienone is 1. The van der Waals surface area contributed by atoms with E-state index in [0.717, 1.165) is 12.8 Å². The summed E-state index contributed by atoms with van der Waals surface area (Å²) in [5, 5.41) is 0. The van der Waals surface area contributed by atoms with Gasteiger partial charge in [0.1, 0.15) is 12.2 Å². The molecule has 0 aromatic heterocycles. The van der Waals surface area contributed by atoms with E-state index in [1.807, 2.05) is 0 Å². The van der Waals surface area contributed by atoms with Crippen LogP contribution in [0.1, 0.15) is 67.2 Å². The van der Waals surface area contributed by atoms with Gasteiger partial charge in [-0.05, 0) is 78.1 Å². The van der Waals surface area contributed by atoms with E-state index < -0.39 is 5.97 Å². The van der Waals surface area contributed by atoms with Crippen molar-refractivity contribution in [3.63, 3.8) is 0 Å². The maximum atomic E-state index is 12.2. The fraction of sp³-hybridized carbons (Fsp3) is 0.769. The van der Waals surface area contributed by atoms with Crippen molar-refractivity contribution < 1.29 is 19.1 Å². The average Bonchev–Trinajstić information content (AvgIpc) is 2.67. The summed E-state index contributed by atoms with van der Waals surface area (Å²) in [6.45, 7) is 13.7. The largest absolute Gasteiger partial charge is 0.459 e. The molecule has 4 unspecified atom stereocenters. The summed E-state index contributed by atoms with van der Waals surface area (Å²) >= 11 is 0. The first kappa shape index (κ1) is 21.5. The van der Waals surface area contributed by atoms with Gasteiger partial charge >= 0.3 is 11.9 Å². The van der Waals surface area contributed by atoms with Crippen molar-refractivity contribution in [3.05, 3.63) is 12.2 Å². The zero-order valence-electron chi connectivity index (χ0n) is 19.2. The Morgan fingerprint density at radius 3 is 1.80 bits per heavy atom. The maximum absolute atomic E-state index is 12.2. The zero-order valence-corrected chi connectivity index (χ0v) is 19.2. The SMILES string of the molecule is C[C@@H]1C2CC(C[C@H]1OC(=O)C#C/C=C/C(=O)O[C@@H]1CC3CC([C@H]1C)C3(C)C)C2(C)C. The summed E-state index contributed by atoms with van der Waals surface area (Å²) in [7, 11) is 0. The highest BCUT2D eigenvalue weighted by molar-refractivity contribution is 5.89. The maximum Gasteiger partial charge on any atom is 0.384 e. The van der Waals surface area contributed by atoms with Crippen LogP contribution in [-0.2, 0) is 19.1 Å². The molecule has 0 aromatic rings. The second-order valence-electron chi connectivity index (χ2n) is 11.4. The van der Waals surface area contributed by atoms with Crippen LogP contribution < -0.4 is 0 Å². The highest BCUT2D eigenvalue weighted by Gasteiger charge is 2.58. The van der Waals surface area contributed by atoms with Gasteiger partial charge in [-0.15, -0.1) is 0 Å². The Morgan fingerprint density at radius 2 is 1.33 bits per heavy atom. The summed E-state index contributed by atoms with van der Waals surface area (Å²) in [6.07, 6.45) is 7.04. The Hall–Kier alpha value is -1.76. The Kier molecular flexibility index (Phi) is 5.32. The van der Waals surface area contributed by atoms with Gasteiger partial charge in [0.25, 0.3) is 0 Å². The zero-order chi connectivity index (χ0) is 21.8. The highest BCUT2D eigenvalue weighted by Crippen LogP contribution is 2.62. The molecule has 30 heavy (non-hydrogen) atoms. The second kappa shape index (κ2) is 7.43. The molecule has 6 saturated carbocycles. The van der Waals surface area contributed by atoms with Crippen molar-refractivity contribution in [2.75, 3.05) is 0 Å². The minimum atomic E-state index is -0.507. The molecule has 6 fully saturated rings. The first-order valence-corrected chi connectivity index (χ1v) is 11.6. The molecule has 0 N–H and O–H groups in total. The lowest BCUT2D eigenvalue weighted by molar-refractivity contribution is -0.182. The third-order valence-electron chi connectivity index (χ3n) is 9.57. The average molecular weight is 413 g/mol. The molecule has 164 valence electrons. The Morgan fingerprint density at radius 1 is 0.833 bits per heavy atom. The summed E-state index contributed by atoms with van der Waals surface area (Å²) in [5.74, 6) is 7.53. The Balaban J connectivity index is 1.23. The lowest BCUT2D eigenvalue weighted by Gasteiger charge is -2.61. The molecule has 8 atom stereocenters. The monoisotopic (exact) mass is 412 g/mol. The van der Waals surface area contributed by atoms with E-state index >= 15 is 0 Å². The summed E-state index contributed by atoms with van der Waals surface area (Å²) in [6, 6.07) is 0. The summed E-state index contributed by atoms with van der Waals surface area (Å²) < 4.78 is 11.3. The van der Waals surface area contributed by atoms with Crippen LogP contribution >= 0.6 is 0 Å². The lowest BCUT2D eigenvalue weighted by Crippen LogP contribution is -2.57. The number of fused-ring (bicyclic) bond motifs is 4. The van der Waals surface area contributed by atoms with Gasteiger partial charge in [0.15, 0.2) is 0 Å². The molecule has 0 radical (unpaired) electrons. The molecule has 6 aliphatic carbocycles. The van der Waals surface area contributed by atoms with E-state index in [9.17, 15) is 9.59 Å². The van der Waals surface area contributed by atoms with E-state index in [-0.39, 0.29) is 18.2 Å². The van der Waals surface area contributed by atoms with Gasteiger partial charge < -0.3 is 9.47 Å². The van der Waals surface area contributed by atoms with Crippen LogP contribution in [0, 0.1) is 58.2 Å². The number of rotatable bonds is 3. The van der Waals surface area contributed by atoms with E-state index in [1.165, 1.54) is 25.0 Å². The van der Waals surface area contributed by atoms with Gasteiger partial charge in [-0.1, -0.05) is 47.5 Å². The molecule has 4 nitrogen and oxygen atoms in total. The van der Waals surface area contributed by atoms with Crippen LogP contribution in [0.4, 0.5) is 0 Å². The molecular formula is C26H36O4. The van der Waals surface area contributed by atoms with Crippen molar-refractivity contribution in [2.45, 2.75) is 79.4 Å². The fourth-order valence-corrected chi connectivity index (χ4v) is 7.08.